The molecule has 1 N–H and O–H groups in total. The lowest BCUT2D eigenvalue weighted by atomic mass is 10.2. The lowest BCUT2D eigenvalue weighted by Gasteiger charge is -2.20. The van der Waals surface area contributed by atoms with Gasteiger partial charge in [0.25, 0.3) is 0 Å². The van der Waals surface area contributed by atoms with Crippen LogP contribution in [-0.2, 0) is 21.4 Å². The van der Waals surface area contributed by atoms with Gasteiger partial charge in [-0.1, -0.05) is 18.9 Å². The van der Waals surface area contributed by atoms with E-state index in [1.54, 1.807) is 24.5 Å². The zero-order valence-corrected chi connectivity index (χ0v) is 13.0. The summed E-state index contributed by atoms with van der Waals surface area (Å²) in [5.41, 5.74) is 0.761. The molecule has 0 spiro atoms. The highest BCUT2D eigenvalue weighted by Gasteiger charge is 2.23. The average molecular weight is 311 g/mol. The number of carbonyl (C=O) groups is 1. The summed E-state index contributed by atoms with van der Waals surface area (Å²) in [5.74, 6) is -0.240. The van der Waals surface area contributed by atoms with E-state index >= 15 is 0 Å². The summed E-state index contributed by atoms with van der Waals surface area (Å²) in [6.07, 6.45) is 8.55. The predicted octanol–water partition coefficient (Wildman–Crippen LogP) is 0.902. The van der Waals surface area contributed by atoms with E-state index < -0.39 is 10.0 Å². The average Bonchev–Trinajstić information content (AvgIpc) is 2.91. The van der Waals surface area contributed by atoms with Crippen molar-refractivity contribution in [3.8, 4) is 0 Å². The number of nitrogens with zero attached hydrogens (tertiary/aromatic N) is 2. The normalized spacial score (nSPS) is 16.3. The van der Waals surface area contributed by atoms with Gasteiger partial charge in [-0.25, -0.2) is 8.42 Å². The van der Waals surface area contributed by atoms with Gasteiger partial charge < -0.3 is 5.32 Å². The van der Waals surface area contributed by atoms with Crippen LogP contribution in [0.1, 0.15) is 31.2 Å². The Morgan fingerprint density at radius 3 is 2.71 bits per heavy atom. The third kappa shape index (κ3) is 5.09. The molecule has 1 amide bonds. The van der Waals surface area contributed by atoms with Crippen LogP contribution in [0.25, 0.3) is 0 Å². The fourth-order valence-electron chi connectivity index (χ4n) is 2.49. The SMILES string of the molecule is CS(=O)(=O)N(CC(=O)NC1CCCC1)Cc1cccnc1. The van der Waals surface area contributed by atoms with Gasteiger partial charge in [0.1, 0.15) is 0 Å². The molecule has 1 aromatic rings. The van der Waals surface area contributed by atoms with Gasteiger partial charge in [-0.05, 0) is 24.5 Å². The van der Waals surface area contributed by atoms with Gasteiger partial charge >= 0.3 is 0 Å². The highest BCUT2D eigenvalue weighted by Crippen LogP contribution is 2.17. The Morgan fingerprint density at radius 2 is 2.14 bits per heavy atom. The van der Waals surface area contributed by atoms with E-state index in [2.05, 4.69) is 10.3 Å². The fraction of sp³-hybridized carbons (Fsp3) is 0.571. The number of pyridine rings is 1. The van der Waals surface area contributed by atoms with Crippen molar-refractivity contribution >= 4 is 15.9 Å². The Balaban J connectivity index is 1.98. The molecule has 0 unspecified atom stereocenters. The van der Waals surface area contributed by atoms with E-state index in [1.165, 1.54) is 4.31 Å². The Bertz CT molecular complexity index is 568. The topological polar surface area (TPSA) is 79.4 Å². The monoisotopic (exact) mass is 311 g/mol. The van der Waals surface area contributed by atoms with Gasteiger partial charge in [0, 0.05) is 25.0 Å². The Labute approximate surface area is 125 Å². The molecule has 1 saturated carbocycles. The number of nitrogens with one attached hydrogen (secondary N) is 1. The molecule has 1 aliphatic rings. The maximum Gasteiger partial charge on any atom is 0.235 e. The number of hydrogen-bond acceptors (Lipinski definition) is 4. The maximum atomic E-state index is 12.0. The molecule has 0 radical (unpaired) electrons. The molecule has 116 valence electrons. The first-order chi connectivity index (χ1) is 9.95. The van der Waals surface area contributed by atoms with Gasteiger partial charge in [0.05, 0.1) is 12.8 Å². The number of carbonyl (C=O) groups excluding carboxylic acids is 1. The van der Waals surface area contributed by atoms with Crippen LogP contribution in [0.5, 0.6) is 0 Å². The summed E-state index contributed by atoms with van der Waals surface area (Å²) < 4.78 is 24.8. The Hall–Kier alpha value is -1.47. The third-order valence-corrected chi connectivity index (χ3v) is 4.79. The van der Waals surface area contributed by atoms with Gasteiger partial charge in [-0.2, -0.15) is 4.31 Å². The molecule has 0 aromatic carbocycles. The fourth-order valence-corrected chi connectivity index (χ4v) is 3.22. The minimum absolute atomic E-state index is 0.149. The second-order valence-electron chi connectivity index (χ2n) is 5.44. The molecule has 0 atom stereocenters. The second kappa shape index (κ2) is 7.00. The summed E-state index contributed by atoms with van der Waals surface area (Å²) in [5, 5.41) is 2.91. The van der Waals surface area contributed by atoms with E-state index in [9.17, 15) is 13.2 Å². The lowest BCUT2D eigenvalue weighted by molar-refractivity contribution is -0.122. The highest BCUT2D eigenvalue weighted by molar-refractivity contribution is 7.88. The van der Waals surface area contributed by atoms with Gasteiger partial charge in [0.2, 0.25) is 15.9 Å². The van der Waals surface area contributed by atoms with E-state index in [1.807, 2.05) is 0 Å². The van der Waals surface area contributed by atoms with E-state index in [0.717, 1.165) is 37.5 Å². The zero-order valence-electron chi connectivity index (χ0n) is 12.2. The first kappa shape index (κ1) is 15.9. The standard InChI is InChI=1S/C14H21N3O3S/c1-21(19,20)17(10-12-5-4-8-15-9-12)11-14(18)16-13-6-2-3-7-13/h4-5,8-9,13H,2-3,6-7,10-11H2,1H3,(H,16,18). The van der Waals surface area contributed by atoms with Crippen molar-refractivity contribution in [1.29, 1.82) is 0 Å². The number of aromatic nitrogens is 1. The van der Waals surface area contributed by atoms with Crippen LogP contribution in [0.15, 0.2) is 24.5 Å². The Morgan fingerprint density at radius 1 is 1.43 bits per heavy atom. The molecule has 0 bridgehead atoms. The third-order valence-electron chi connectivity index (χ3n) is 3.59. The summed E-state index contributed by atoms with van der Waals surface area (Å²) in [6.45, 7) is 0.00892. The molecule has 0 saturated heterocycles. The molecule has 1 aromatic heterocycles. The number of amides is 1. The molecular formula is C14H21N3O3S. The molecule has 1 aliphatic carbocycles. The van der Waals surface area contributed by atoms with Crippen molar-refractivity contribution in [1.82, 2.24) is 14.6 Å². The minimum atomic E-state index is -3.45. The van der Waals surface area contributed by atoms with Gasteiger partial charge in [-0.3, -0.25) is 9.78 Å². The number of sulfonamides is 1. The quantitative estimate of drug-likeness (QED) is 0.846. The van der Waals surface area contributed by atoms with Crippen molar-refractivity contribution in [2.24, 2.45) is 0 Å². The van der Waals surface area contributed by atoms with Crippen LogP contribution >= 0.6 is 0 Å². The molecule has 7 heteroatoms. The van der Waals surface area contributed by atoms with Crippen LogP contribution in [0.2, 0.25) is 0 Å². The molecule has 2 rings (SSSR count). The summed E-state index contributed by atoms with van der Waals surface area (Å²) in [6, 6.07) is 3.73. The number of hydrogen-bond donors (Lipinski definition) is 1. The summed E-state index contributed by atoms with van der Waals surface area (Å²) in [7, 11) is -3.45. The molecule has 1 heterocycles. The van der Waals surface area contributed by atoms with Crippen molar-refractivity contribution in [2.45, 2.75) is 38.3 Å². The summed E-state index contributed by atoms with van der Waals surface area (Å²) in [4.78, 5) is 16.0. The molecule has 0 aliphatic heterocycles. The van der Waals surface area contributed by atoms with Crippen molar-refractivity contribution in [2.75, 3.05) is 12.8 Å². The van der Waals surface area contributed by atoms with Crippen LogP contribution in [-0.4, -0.2) is 42.5 Å². The molecule has 21 heavy (non-hydrogen) atoms. The lowest BCUT2D eigenvalue weighted by Crippen LogP contribution is -2.42. The van der Waals surface area contributed by atoms with Crippen molar-refractivity contribution in [3.05, 3.63) is 30.1 Å². The van der Waals surface area contributed by atoms with Crippen molar-refractivity contribution < 1.29 is 13.2 Å². The smallest absolute Gasteiger partial charge is 0.235 e. The number of rotatable bonds is 6. The van der Waals surface area contributed by atoms with Crippen LogP contribution in [0.3, 0.4) is 0 Å². The van der Waals surface area contributed by atoms with E-state index in [4.69, 9.17) is 0 Å². The van der Waals surface area contributed by atoms with Gasteiger partial charge in [-0.15, -0.1) is 0 Å². The van der Waals surface area contributed by atoms with E-state index in [0.29, 0.717) is 0 Å². The van der Waals surface area contributed by atoms with E-state index in [-0.39, 0.29) is 25.0 Å². The van der Waals surface area contributed by atoms with Crippen LogP contribution in [0.4, 0.5) is 0 Å². The highest BCUT2D eigenvalue weighted by atomic mass is 32.2. The van der Waals surface area contributed by atoms with Crippen molar-refractivity contribution in [3.63, 3.8) is 0 Å². The molecule has 6 nitrogen and oxygen atoms in total. The molecule has 1 fully saturated rings. The largest absolute Gasteiger partial charge is 0.352 e. The van der Waals surface area contributed by atoms with Crippen LogP contribution < -0.4 is 5.32 Å². The minimum Gasteiger partial charge on any atom is -0.352 e. The molecular weight excluding hydrogens is 290 g/mol. The zero-order chi connectivity index (χ0) is 15.3. The first-order valence-corrected chi connectivity index (χ1v) is 8.93. The second-order valence-corrected chi connectivity index (χ2v) is 7.42. The maximum absolute atomic E-state index is 12.0. The first-order valence-electron chi connectivity index (χ1n) is 7.08. The Kier molecular flexibility index (Phi) is 5.30. The summed E-state index contributed by atoms with van der Waals surface area (Å²) >= 11 is 0. The predicted molar refractivity (Wildman–Crippen MR) is 79.9 cm³/mol. The van der Waals surface area contributed by atoms with Crippen LogP contribution in [0, 0.1) is 0 Å². The van der Waals surface area contributed by atoms with Gasteiger partial charge in [0.15, 0.2) is 0 Å².